The average molecular weight is 947 g/mol. The monoisotopic (exact) mass is 947 g/mol. The maximum atomic E-state index is 12.8. The molecule has 1 saturated carbocycles. The highest BCUT2D eigenvalue weighted by Crippen LogP contribution is 2.47. The average Bonchev–Trinajstić information content (AvgIpc) is 3.29. The molecule has 0 aromatic carbocycles. The van der Waals surface area contributed by atoms with Gasteiger partial charge in [0, 0.05) is 19.3 Å². The second-order valence-electron chi connectivity index (χ2n) is 15.9. The van der Waals surface area contributed by atoms with Crippen molar-refractivity contribution in [2.75, 3.05) is 13.2 Å². The van der Waals surface area contributed by atoms with Crippen molar-refractivity contribution in [1.82, 2.24) is 0 Å². The van der Waals surface area contributed by atoms with Crippen LogP contribution in [0.4, 0.5) is 0 Å². The van der Waals surface area contributed by atoms with E-state index in [1.54, 1.807) is 12.2 Å². The SMILES string of the molecule is CCCCC/C=C\C/C=C\C/C=C\C/C=C\C/C=C\CCC(=O)OC[C@H](COP(=O)(O)OC1[C@H](O)[C@H](O)C(O)[C@H](O)[C@H]1O)OC(=O)CCC/C=C\C/C=C\C/C=C\C=C\C(=O)CCCCC. The third-order valence-electron chi connectivity index (χ3n) is 10.1. The summed E-state index contributed by atoms with van der Waals surface area (Å²) in [6, 6.07) is 0. The van der Waals surface area contributed by atoms with Crippen LogP contribution in [-0.4, -0.2) is 104 Å². The first-order valence-electron chi connectivity index (χ1n) is 23.6. The zero-order valence-electron chi connectivity index (χ0n) is 39.2. The first kappa shape index (κ1) is 60.2. The van der Waals surface area contributed by atoms with Crippen molar-refractivity contribution in [2.24, 2.45) is 0 Å². The van der Waals surface area contributed by atoms with E-state index in [-0.39, 0.29) is 18.6 Å². The van der Waals surface area contributed by atoms with Crippen LogP contribution in [0.1, 0.15) is 136 Å². The van der Waals surface area contributed by atoms with Gasteiger partial charge in [-0.05, 0) is 83.1 Å². The Hall–Kier alpha value is -3.82. The number of esters is 2. The molecule has 372 valence electrons. The lowest BCUT2D eigenvalue weighted by atomic mass is 9.85. The van der Waals surface area contributed by atoms with Gasteiger partial charge in [-0.15, -0.1) is 0 Å². The normalized spacial score (nSPS) is 22.2. The van der Waals surface area contributed by atoms with Crippen molar-refractivity contribution in [3.8, 4) is 0 Å². The van der Waals surface area contributed by atoms with Gasteiger partial charge < -0.3 is 39.9 Å². The van der Waals surface area contributed by atoms with Crippen molar-refractivity contribution in [3.05, 3.63) is 109 Å². The lowest BCUT2D eigenvalue weighted by molar-refractivity contribution is -0.220. The van der Waals surface area contributed by atoms with E-state index < -0.39 is 75.7 Å². The van der Waals surface area contributed by atoms with Gasteiger partial charge in [0.15, 0.2) is 11.9 Å². The van der Waals surface area contributed by atoms with Crippen LogP contribution in [0, 0.1) is 0 Å². The minimum atomic E-state index is -5.17. The number of allylic oxidation sites excluding steroid dienone is 18. The van der Waals surface area contributed by atoms with E-state index in [4.69, 9.17) is 18.5 Å². The van der Waals surface area contributed by atoms with Gasteiger partial charge in [-0.1, -0.05) is 143 Å². The second kappa shape index (κ2) is 39.2. The Morgan fingerprint density at radius 1 is 0.515 bits per heavy atom. The molecule has 0 amide bonds. The molecule has 1 fully saturated rings. The van der Waals surface area contributed by atoms with Crippen LogP contribution in [0.15, 0.2) is 109 Å². The number of ether oxygens (including phenoxy) is 2. The number of phosphoric acid groups is 1. The minimum absolute atomic E-state index is 0.0131. The molecule has 66 heavy (non-hydrogen) atoms. The highest BCUT2D eigenvalue weighted by atomic mass is 31.2. The van der Waals surface area contributed by atoms with E-state index in [0.717, 1.165) is 51.4 Å². The van der Waals surface area contributed by atoms with Gasteiger partial charge in [-0.2, -0.15) is 0 Å². The first-order chi connectivity index (χ1) is 31.8. The number of hydrogen-bond donors (Lipinski definition) is 6. The molecule has 0 spiro atoms. The maximum absolute atomic E-state index is 12.8. The predicted molar refractivity (Wildman–Crippen MR) is 258 cm³/mol. The summed E-state index contributed by atoms with van der Waals surface area (Å²) in [5.41, 5.74) is 0. The molecule has 1 rings (SSSR count). The van der Waals surface area contributed by atoms with Crippen LogP contribution >= 0.6 is 7.82 Å². The van der Waals surface area contributed by atoms with Crippen molar-refractivity contribution >= 4 is 25.5 Å². The summed E-state index contributed by atoms with van der Waals surface area (Å²) in [6.45, 7) is 2.98. The number of carbonyl (C=O) groups excluding carboxylic acids is 3. The summed E-state index contributed by atoms with van der Waals surface area (Å²) in [6.07, 6.45) is 37.1. The van der Waals surface area contributed by atoms with Crippen molar-refractivity contribution in [1.29, 1.82) is 0 Å². The van der Waals surface area contributed by atoms with E-state index >= 15 is 0 Å². The molecule has 8 atom stereocenters. The number of phosphoric ester groups is 1. The Morgan fingerprint density at radius 3 is 1.53 bits per heavy atom. The lowest BCUT2D eigenvalue weighted by Crippen LogP contribution is -2.64. The molecule has 6 N–H and O–H groups in total. The molecule has 1 aliphatic rings. The number of hydrogen-bond acceptors (Lipinski definition) is 13. The second-order valence-corrected chi connectivity index (χ2v) is 17.3. The molecule has 0 aliphatic heterocycles. The van der Waals surface area contributed by atoms with Crippen LogP contribution < -0.4 is 0 Å². The molecule has 0 aromatic heterocycles. The number of rotatable bonds is 37. The van der Waals surface area contributed by atoms with Gasteiger partial charge in [0.1, 0.15) is 43.2 Å². The van der Waals surface area contributed by atoms with Gasteiger partial charge in [0.2, 0.25) is 0 Å². The van der Waals surface area contributed by atoms with Gasteiger partial charge in [-0.3, -0.25) is 23.4 Å². The summed E-state index contributed by atoms with van der Waals surface area (Å²) in [7, 11) is -5.17. The summed E-state index contributed by atoms with van der Waals surface area (Å²) in [5, 5.41) is 50.2. The summed E-state index contributed by atoms with van der Waals surface area (Å²) >= 11 is 0. The van der Waals surface area contributed by atoms with E-state index in [1.165, 1.54) is 19.3 Å². The topological polar surface area (TPSA) is 227 Å². The lowest BCUT2D eigenvalue weighted by Gasteiger charge is -2.41. The largest absolute Gasteiger partial charge is 0.472 e. The van der Waals surface area contributed by atoms with E-state index in [2.05, 4.69) is 56.4 Å². The molecule has 14 nitrogen and oxygen atoms in total. The summed E-state index contributed by atoms with van der Waals surface area (Å²) in [4.78, 5) is 47.4. The fraction of sp³-hybridized carbons (Fsp3) is 0.588. The van der Waals surface area contributed by atoms with E-state index in [9.17, 15) is 49.4 Å². The fourth-order valence-corrected chi connectivity index (χ4v) is 7.19. The third kappa shape index (κ3) is 31.2. The predicted octanol–water partition coefficient (Wildman–Crippen LogP) is 8.79. The molecule has 0 bridgehead atoms. The van der Waals surface area contributed by atoms with Gasteiger partial charge in [-0.25, -0.2) is 4.57 Å². The third-order valence-corrected chi connectivity index (χ3v) is 11.1. The van der Waals surface area contributed by atoms with Gasteiger partial charge in [0.25, 0.3) is 0 Å². The molecule has 0 saturated heterocycles. The molecule has 0 aromatic rings. The zero-order chi connectivity index (χ0) is 48.7. The molecular weight excluding hydrogens is 868 g/mol. The van der Waals surface area contributed by atoms with Gasteiger partial charge in [0.05, 0.1) is 6.61 Å². The van der Waals surface area contributed by atoms with Crippen LogP contribution in [0.2, 0.25) is 0 Å². The Labute approximate surface area is 393 Å². The van der Waals surface area contributed by atoms with Crippen LogP contribution in [0.3, 0.4) is 0 Å². The van der Waals surface area contributed by atoms with Crippen LogP contribution in [0.25, 0.3) is 0 Å². The quantitative estimate of drug-likeness (QED) is 0.00855. The molecule has 0 heterocycles. The first-order valence-corrected chi connectivity index (χ1v) is 25.1. The van der Waals surface area contributed by atoms with Crippen molar-refractivity contribution < 1.29 is 67.9 Å². The molecular formula is C51H79O14P. The van der Waals surface area contributed by atoms with E-state index in [1.807, 2.05) is 54.7 Å². The highest BCUT2D eigenvalue weighted by Gasteiger charge is 2.51. The number of aliphatic hydroxyl groups is 5. The molecule has 1 aliphatic carbocycles. The summed E-state index contributed by atoms with van der Waals surface area (Å²) < 4.78 is 33.4. The Bertz CT molecular complexity index is 1630. The van der Waals surface area contributed by atoms with Crippen LogP contribution in [-0.2, 0) is 37.5 Å². The Balaban J connectivity index is 2.58. The van der Waals surface area contributed by atoms with Crippen molar-refractivity contribution in [3.63, 3.8) is 0 Å². The van der Waals surface area contributed by atoms with E-state index in [0.29, 0.717) is 38.5 Å². The maximum Gasteiger partial charge on any atom is 0.472 e. The van der Waals surface area contributed by atoms with Crippen molar-refractivity contribution in [2.45, 2.75) is 179 Å². The zero-order valence-corrected chi connectivity index (χ0v) is 40.1. The number of ketones is 1. The van der Waals surface area contributed by atoms with Crippen LogP contribution in [0.5, 0.6) is 0 Å². The highest BCUT2D eigenvalue weighted by molar-refractivity contribution is 7.47. The Morgan fingerprint density at radius 2 is 0.985 bits per heavy atom. The number of carbonyl (C=O) groups is 3. The number of unbranched alkanes of at least 4 members (excludes halogenated alkanes) is 6. The smallest absolute Gasteiger partial charge is 0.462 e. The fourth-order valence-electron chi connectivity index (χ4n) is 6.22. The minimum Gasteiger partial charge on any atom is -0.462 e. The molecule has 3 unspecified atom stereocenters. The standard InChI is InChI=1S/C51H79O14P/c1-3-5-7-8-9-10-11-12-13-14-15-16-17-18-21-24-27-30-34-38-44(53)62-40-43(41-63-66(60,61)65-51-49(58)47(56)46(55)48(57)50(51)59)64-45(54)39-35-31-28-25-22-19-20-23-26-29-33-37-42(52)36-32-6-4-2/h9-10,12-13,15-16,18-21,25-30,33,37,43,46-51,55-59H,3-8,11,14,17,22-24,31-32,34-36,38-41H2,1-2H3,(H,60,61)/b10-9-,13-12-,16-15-,20-19-,21-18-,28-25-,29-26-,30-27-,37-33+/t43-,46?,47-,48+,49-,50-,51?/m1/s1. The number of aliphatic hydroxyl groups excluding tert-OH is 5. The summed E-state index contributed by atoms with van der Waals surface area (Å²) in [5.74, 6) is -1.18. The molecule has 15 heteroatoms. The molecule has 0 radical (unpaired) electrons. The Kier molecular flexibility index (Phi) is 35.8. The van der Waals surface area contributed by atoms with Gasteiger partial charge >= 0.3 is 19.8 Å².